The largest absolute Gasteiger partial charge is 0.326 e. The van der Waals surface area contributed by atoms with Crippen LogP contribution in [0.3, 0.4) is 0 Å². The standard InChI is InChI=1S/C21H23N5O2S/c1-4-6-20(28)22-17-11-9-16(10-12-17)19(27)13-29-21-23-24-25-26(21)18-8-5-7-14(2)15(18)3/h5,7-12H,4,6,13H2,1-3H3,(H,22,28). The zero-order chi connectivity index (χ0) is 20.8. The minimum Gasteiger partial charge on any atom is -0.326 e. The molecule has 0 radical (unpaired) electrons. The molecule has 0 spiro atoms. The van der Waals surface area contributed by atoms with Crippen LogP contribution in [0.4, 0.5) is 5.69 Å². The number of tetrazole rings is 1. The van der Waals surface area contributed by atoms with Gasteiger partial charge in [-0.15, -0.1) is 5.10 Å². The summed E-state index contributed by atoms with van der Waals surface area (Å²) in [6.45, 7) is 6.01. The van der Waals surface area contributed by atoms with E-state index in [1.807, 2.05) is 39.0 Å². The summed E-state index contributed by atoms with van der Waals surface area (Å²) >= 11 is 1.30. The summed E-state index contributed by atoms with van der Waals surface area (Å²) in [5, 5.41) is 15.3. The van der Waals surface area contributed by atoms with E-state index in [-0.39, 0.29) is 17.4 Å². The molecule has 1 heterocycles. The van der Waals surface area contributed by atoms with Gasteiger partial charge in [0.1, 0.15) is 0 Å². The van der Waals surface area contributed by atoms with Crippen molar-refractivity contribution in [3.05, 3.63) is 59.2 Å². The minimum atomic E-state index is -0.0306. The van der Waals surface area contributed by atoms with E-state index in [9.17, 15) is 9.59 Å². The fourth-order valence-corrected chi connectivity index (χ4v) is 3.57. The predicted octanol–water partition coefficient (Wildman–Crippen LogP) is 3.99. The predicted molar refractivity (Wildman–Crippen MR) is 114 cm³/mol. The smallest absolute Gasteiger partial charge is 0.224 e. The minimum absolute atomic E-state index is 0.0274. The first-order valence-electron chi connectivity index (χ1n) is 9.40. The number of aryl methyl sites for hydroxylation is 1. The Morgan fingerprint density at radius 2 is 1.86 bits per heavy atom. The summed E-state index contributed by atoms with van der Waals surface area (Å²) in [5.74, 6) is 0.157. The molecule has 0 saturated heterocycles. The van der Waals surface area contributed by atoms with Crippen molar-refractivity contribution in [2.45, 2.75) is 38.8 Å². The quantitative estimate of drug-likeness (QED) is 0.447. The van der Waals surface area contributed by atoms with Gasteiger partial charge in [-0.05, 0) is 72.2 Å². The SMILES string of the molecule is CCCC(=O)Nc1ccc(C(=O)CSc2nnnn2-c2cccc(C)c2C)cc1. The second-order valence-electron chi connectivity index (χ2n) is 6.68. The summed E-state index contributed by atoms with van der Waals surface area (Å²) < 4.78 is 1.66. The van der Waals surface area contributed by atoms with Crippen molar-refractivity contribution < 1.29 is 9.59 Å². The number of nitrogens with one attached hydrogen (secondary N) is 1. The Balaban J connectivity index is 1.65. The van der Waals surface area contributed by atoms with Crippen LogP contribution in [0.5, 0.6) is 0 Å². The van der Waals surface area contributed by atoms with Crippen LogP contribution >= 0.6 is 11.8 Å². The van der Waals surface area contributed by atoms with E-state index in [4.69, 9.17) is 0 Å². The lowest BCUT2D eigenvalue weighted by Gasteiger charge is -2.09. The third kappa shape index (κ3) is 5.08. The van der Waals surface area contributed by atoms with Crippen LogP contribution in [0.15, 0.2) is 47.6 Å². The van der Waals surface area contributed by atoms with E-state index in [1.165, 1.54) is 11.8 Å². The maximum atomic E-state index is 12.6. The van der Waals surface area contributed by atoms with Crippen LogP contribution in [0.1, 0.15) is 41.3 Å². The lowest BCUT2D eigenvalue weighted by Crippen LogP contribution is -2.11. The van der Waals surface area contributed by atoms with E-state index in [2.05, 4.69) is 20.8 Å². The number of carbonyl (C=O) groups is 2. The van der Waals surface area contributed by atoms with Gasteiger partial charge >= 0.3 is 0 Å². The third-order valence-corrected chi connectivity index (χ3v) is 5.46. The maximum absolute atomic E-state index is 12.6. The molecule has 0 aliphatic heterocycles. The summed E-state index contributed by atoms with van der Waals surface area (Å²) in [5.41, 5.74) is 4.41. The Morgan fingerprint density at radius 1 is 1.10 bits per heavy atom. The molecule has 7 nitrogen and oxygen atoms in total. The molecule has 1 N–H and O–H groups in total. The molecule has 29 heavy (non-hydrogen) atoms. The molecule has 1 aromatic heterocycles. The number of hydrogen-bond acceptors (Lipinski definition) is 6. The molecule has 0 bridgehead atoms. The third-order valence-electron chi connectivity index (χ3n) is 4.55. The molecule has 0 aliphatic carbocycles. The Labute approximate surface area is 173 Å². The monoisotopic (exact) mass is 409 g/mol. The van der Waals surface area contributed by atoms with Gasteiger partial charge in [-0.1, -0.05) is 30.8 Å². The van der Waals surface area contributed by atoms with Crippen molar-refractivity contribution in [2.75, 3.05) is 11.1 Å². The number of anilines is 1. The summed E-state index contributed by atoms with van der Waals surface area (Å²) in [6.07, 6.45) is 1.27. The van der Waals surface area contributed by atoms with Crippen molar-refractivity contribution in [3.8, 4) is 5.69 Å². The Morgan fingerprint density at radius 3 is 2.59 bits per heavy atom. The number of amides is 1. The molecular formula is C21H23N5O2S. The summed E-state index contributed by atoms with van der Waals surface area (Å²) in [6, 6.07) is 12.9. The topological polar surface area (TPSA) is 89.8 Å². The number of thioether (sulfide) groups is 1. The van der Waals surface area contributed by atoms with Crippen LogP contribution in [-0.4, -0.2) is 37.7 Å². The Hall–Kier alpha value is -3.00. The van der Waals surface area contributed by atoms with Gasteiger partial charge in [0, 0.05) is 17.7 Å². The second kappa shape index (κ2) is 9.47. The Kier molecular flexibility index (Phi) is 6.77. The highest BCUT2D eigenvalue weighted by molar-refractivity contribution is 7.99. The Bertz CT molecular complexity index is 1010. The van der Waals surface area contributed by atoms with Gasteiger partial charge < -0.3 is 5.32 Å². The number of rotatable bonds is 8. The lowest BCUT2D eigenvalue weighted by atomic mass is 10.1. The normalized spacial score (nSPS) is 10.7. The average Bonchev–Trinajstić information content (AvgIpc) is 3.17. The van der Waals surface area contributed by atoms with E-state index >= 15 is 0 Å². The van der Waals surface area contributed by atoms with Gasteiger partial charge in [0.05, 0.1) is 11.4 Å². The van der Waals surface area contributed by atoms with Crippen LogP contribution < -0.4 is 5.32 Å². The van der Waals surface area contributed by atoms with Gasteiger partial charge in [0.2, 0.25) is 11.1 Å². The van der Waals surface area contributed by atoms with Gasteiger partial charge in [-0.3, -0.25) is 9.59 Å². The fourth-order valence-electron chi connectivity index (χ4n) is 2.79. The molecule has 0 fully saturated rings. The molecule has 1 amide bonds. The van der Waals surface area contributed by atoms with Crippen LogP contribution in [-0.2, 0) is 4.79 Å². The van der Waals surface area contributed by atoms with Gasteiger partial charge in [-0.25, -0.2) is 0 Å². The molecule has 0 aliphatic rings. The van der Waals surface area contributed by atoms with E-state index < -0.39 is 0 Å². The first kappa shape index (κ1) is 20.7. The first-order valence-corrected chi connectivity index (χ1v) is 10.4. The number of ketones is 1. The second-order valence-corrected chi connectivity index (χ2v) is 7.62. The zero-order valence-electron chi connectivity index (χ0n) is 16.7. The molecule has 8 heteroatoms. The highest BCUT2D eigenvalue weighted by Crippen LogP contribution is 2.23. The number of hydrogen-bond donors (Lipinski definition) is 1. The average molecular weight is 410 g/mol. The number of Topliss-reactive ketones (excluding diaryl/α,β-unsaturated/α-hetero) is 1. The molecule has 0 atom stereocenters. The zero-order valence-corrected chi connectivity index (χ0v) is 17.5. The molecule has 2 aromatic carbocycles. The summed E-state index contributed by atoms with van der Waals surface area (Å²) in [7, 11) is 0. The van der Waals surface area contributed by atoms with Crippen LogP contribution in [0.2, 0.25) is 0 Å². The number of carbonyl (C=O) groups excluding carboxylic acids is 2. The van der Waals surface area contributed by atoms with Crippen molar-refractivity contribution in [1.29, 1.82) is 0 Å². The molecule has 150 valence electrons. The van der Waals surface area contributed by atoms with Crippen molar-refractivity contribution in [1.82, 2.24) is 20.2 Å². The lowest BCUT2D eigenvalue weighted by molar-refractivity contribution is -0.116. The molecule has 3 aromatic rings. The van der Waals surface area contributed by atoms with E-state index in [1.54, 1.807) is 28.9 Å². The van der Waals surface area contributed by atoms with Crippen LogP contribution in [0, 0.1) is 13.8 Å². The number of benzene rings is 2. The summed E-state index contributed by atoms with van der Waals surface area (Å²) in [4.78, 5) is 24.2. The van der Waals surface area contributed by atoms with Gasteiger partial charge in [0.25, 0.3) is 0 Å². The molecular weight excluding hydrogens is 386 g/mol. The van der Waals surface area contributed by atoms with Crippen molar-refractivity contribution >= 4 is 29.1 Å². The molecule has 0 unspecified atom stereocenters. The van der Waals surface area contributed by atoms with E-state index in [0.717, 1.165) is 23.2 Å². The fraction of sp³-hybridized carbons (Fsp3) is 0.286. The molecule has 0 saturated carbocycles. The van der Waals surface area contributed by atoms with Gasteiger partial charge in [0.15, 0.2) is 5.78 Å². The highest BCUT2D eigenvalue weighted by Gasteiger charge is 2.15. The van der Waals surface area contributed by atoms with Crippen molar-refractivity contribution in [3.63, 3.8) is 0 Å². The highest BCUT2D eigenvalue weighted by atomic mass is 32.2. The maximum Gasteiger partial charge on any atom is 0.224 e. The van der Waals surface area contributed by atoms with E-state index in [0.29, 0.717) is 22.8 Å². The number of nitrogens with zero attached hydrogens (tertiary/aromatic N) is 4. The van der Waals surface area contributed by atoms with Crippen LogP contribution in [0.25, 0.3) is 5.69 Å². The first-order chi connectivity index (χ1) is 14.0. The number of aromatic nitrogens is 4. The van der Waals surface area contributed by atoms with Crippen molar-refractivity contribution in [2.24, 2.45) is 0 Å². The molecule has 3 rings (SSSR count). The van der Waals surface area contributed by atoms with Gasteiger partial charge in [-0.2, -0.15) is 4.68 Å².